The molecule has 1 aliphatic rings. The fraction of sp³-hybridized carbons (Fsp3) is 0.423. The van der Waals surface area contributed by atoms with E-state index in [0.717, 1.165) is 48.1 Å². The van der Waals surface area contributed by atoms with Crippen LogP contribution in [0.1, 0.15) is 68.6 Å². The van der Waals surface area contributed by atoms with Gasteiger partial charge in [0.25, 0.3) is 0 Å². The number of pyridine rings is 2. The maximum absolute atomic E-state index is 12.5. The first-order chi connectivity index (χ1) is 15.9. The number of hydrogen-bond acceptors (Lipinski definition) is 7. The SMILES string of the molecule is CC(C)Nc1nc([C@@H](C)OC(=O)c2ccccc2)cc2cnc(NC3CCC(N)CC3)cc12. The van der Waals surface area contributed by atoms with E-state index in [9.17, 15) is 4.79 Å². The fourth-order valence-corrected chi connectivity index (χ4v) is 4.17. The van der Waals surface area contributed by atoms with Crippen molar-refractivity contribution in [2.45, 2.75) is 70.7 Å². The maximum Gasteiger partial charge on any atom is 0.338 e. The molecule has 0 spiro atoms. The quantitative estimate of drug-likeness (QED) is 0.436. The first-order valence-corrected chi connectivity index (χ1v) is 11.7. The number of carbonyl (C=O) groups excluding carboxylic acids is 1. The van der Waals surface area contributed by atoms with Crippen molar-refractivity contribution in [3.8, 4) is 0 Å². The Kier molecular flexibility index (Phi) is 7.08. The average molecular weight is 448 g/mol. The van der Waals surface area contributed by atoms with Gasteiger partial charge in [-0.05, 0) is 70.7 Å². The normalized spacial score (nSPS) is 19.3. The van der Waals surface area contributed by atoms with Crippen LogP contribution in [0.4, 0.5) is 11.6 Å². The zero-order valence-electron chi connectivity index (χ0n) is 19.5. The molecule has 3 aromatic rings. The number of hydrogen-bond donors (Lipinski definition) is 3. The molecule has 0 unspecified atom stereocenters. The number of carbonyl (C=O) groups is 1. The number of nitrogens with zero attached hydrogens (tertiary/aromatic N) is 2. The van der Waals surface area contributed by atoms with Crippen LogP contribution in [0.5, 0.6) is 0 Å². The molecule has 0 bridgehead atoms. The van der Waals surface area contributed by atoms with E-state index in [0.29, 0.717) is 23.3 Å². The van der Waals surface area contributed by atoms with Gasteiger partial charge in [0.05, 0.1) is 11.3 Å². The number of benzene rings is 1. The molecule has 1 aromatic carbocycles. The molecule has 7 heteroatoms. The Labute approximate surface area is 195 Å². The Balaban J connectivity index is 1.58. The molecule has 0 amide bonds. The number of fused-ring (bicyclic) bond motifs is 1. The Bertz CT molecular complexity index is 1090. The van der Waals surface area contributed by atoms with Crippen molar-refractivity contribution >= 4 is 28.4 Å². The lowest BCUT2D eigenvalue weighted by atomic mass is 9.92. The predicted octanol–water partition coefficient (Wildman–Crippen LogP) is 5.05. The summed E-state index contributed by atoms with van der Waals surface area (Å²) in [6.07, 6.45) is 5.54. The third-order valence-corrected chi connectivity index (χ3v) is 5.99. The van der Waals surface area contributed by atoms with E-state index in [1.165, 1.54) is 0 Å². The zero-order chi connectivity index (χ0) is 23.4. The lowest BCUT2D eigenvalue weighted by molar-refractivity contribution is 0.0330. The molecule has 2 aromatic heterocycles. The smallest absolute Gasteiger partial charge is 0.338 e. The number of nitrogens with one attached hydrogen (secondary N) is 2. The van der Waals surface area contributed by atoms with Gasteiger partial charge in [0.2, 0.25) is 0 Å². The zero-order valence-corrected chi connectivity index (χ0v) is 19.5. The van der Waals surface area contributed by atoms with Gasteiger partial charge in [0.15, 0.2) is 0 Å². The van der Waals surface area contributed by atoms with E-state index in [2.05, 4.69) is 29.5 Å². The van der Waals surface area contributed by atoms with Crippen LogP contribution >= 0.6 is 0 Å². The lowest BCUT2D eigenvalue weighted by Crippen LogP contribution is -2.33. The molecule has 0 saturated heterocycles. The van der Waals surface area contributed by atoms with Crippen molar-refractivity contribution < 1.29 is 9.53 Å². The van der Waals surface area contributed by atoms with Crippen LogP contribution in [-0.4, -0.2) is 34.1 Å². The summed E-state index contributed by atoms with van der Waals surface area (Å²) < 4.78 is 5.69. The number of ether oxygens (including phenoxy) is 1. The highest BCUT2D eigenvalue weighted by Crippen LogP contribution is 2.30. The van der Waals surface area contributed by atoms with Crippen LogP contribution in [0, 0.1) is 0 Å². The number of anilines is 2. The lowest BCUT2D eigenvalue weighted by Gasteiger charge is -2.27. The van der Waals surface area contributed by atoms with Gasteiger partial charge in [0.1, 0.15) is 17.7 Å². The summed E-state index contributed by atoms with van der Waals surface area (Å²) in [5, 5.41) is 8.94. The first kappa shape index (κ1) is 23.0. The minimum Gasteiger partial charge on any atom is -0.453 e. The van der Waals surface area contributed by atoms with Gasteiger partial charge < -0.3 is 21.1 Å². The van der Waals surface area contributed by atoms with Crippen molar-refractivity contribution in [1.29, 1.82) is 0 Å². The fourth-order valence-electron chi connectivity index (χ4n) is 4.17. The van der Waals surface area contributed by atoms with E-state index >= 15 is 0 Å². The van der Waals surface area contributed by atoms with Gasteiger partial charge in [0, 0.05) is 35.1 Å². The molecule has 7 nitrogen and oxygen atoms in total. The summed E-state index contributed by atoms with van der Waals surface area (Å²) in [4.78, 5) is 22.0. The molecule has 174 valence electrons. The highest BCUT2D eigenvalue weighted by molar-refractivity contribution is 5.94. The second kappa shape index (κ2) is 10.2. The largest absolute Gasteiger partial charge is 0.453 e. The van der Waals surface area contributed by atoms with Crippen LogP contribution in [0.15, 0.2) is 48.7 Å². The van der Waals surface area contributed by atoms with Gasteiger partial charge in [-0.2, -0.15) is 0 Å². The monoisotopic (exact) mass is 447 g/mol. The average Bonchev–Trinajstić information content (AvgIpc) is 2.81. The van der Waals surface area contributed by atoms with E-state index in [4.69, 9.17) is 15.5 Å². The summed E-state index contributed by atoms with van der Waals surface area (Å²) in [6.45, 7) is 5.99. The van der Waals surface area contributed by atoms with E-state index in [-0.39, 0.29) is 12.0 Å². The first-order valence-electron chi connectivity index (χ1n) is 11.7. The summed E-state index contributed by atoms with van der Waals surface area (Å²) >= 11 is 0. The number of rotatable bonds is 7. The van der Waals surface area contributed by atoms with Crippen molar-refractivity contribution in [2.75, 3.05) is 10.6 Å². The summed E-state index contributed by atoms with van der Waals surface area (Å²) in [5.74, 6) is 1.23. The molecular weight excluding hydrogens is 414 g/mol. The molecule has 0 aliphatic heterocycles. The molecule has 1 saturated carbocycles. The topological polar surface area (TPSA) is 102 Å². The molecule has 1 fully saturated rings. The second-order valence-corrected chi connectivity index (χ2v) is 9.16. The minimum absolute atomic E-state index is 0.197. The van der Waals surface area contributed by atoms with E-state index in [1.54, 1.807) is 12.1 Å². The molecule has 1 atom stereocenters. The van der Waals surface area contributed by atoms with Crippen LogP contribution in [0.25, 0.3) is 10.8 Å². The van der Waals surface area contributed by atoms with Gasteiger partial charge in [-0.1, -0.05) is 18.2 Å². The minimum atomic E-state index is -0.501. The van der Waals surface area contributed by atoms with Gasteiger partial charge >= 0.3 is 5.97 Å². The van der Waals surface area contributed by atoms with Gasteiger partial charge in [-0.15, -0.1) is 0 Å². The van der Waals surface area contributed by atoms with Crippen LogP contribution in [0.2, 0.25) is 0 Å². The maximum atomic E-state index is 12.5. The molecule has 0 radical (unpaired) electrons. The molecule has 33 heavy (non-hydrogen) atoms. The summed E-state index contributed by atoms with van der Waals surface area (Å²) in [5.41, 5.74) is 7.24. The summed E-state index contributed by atoms with van der Waals surface area (Å²) in [7, 11) is 0. The molecule has 4 rings (SSSR count). The Hall–Kier alpha value is -3.19. The molecule has 1 aliphatic carbocycles. The Morgan fingerprint density at radius 1 is 1.09 bits per heavy atom. The van der Waals surface area contributed by atoms with Crippen molar-refractivity contribution in [2.24, 2.45) is 5.73 Å². The van der Waals surface area contributed by atoms with E-state index in [1.807, 2.05) is 43.5 Å². The second-order valence-electron chi connectivity index (χ2n) is 9.16. The van der Waals surface area contributed by atoms with E-state index < -0.39 is 6.10 Å². The van der Waals surface area contributed by atoms with Crippen LogP contribution in [0.3, 0.4) is 0 Å². The molecule has 4 N–H and O–H groups in total. The molecular formula is C26H33N5O2. The van der Waals surface area contributed by atoms with Gasteiger partial charge in [-0.3, -0.25) is 0 Å². The number of nitrogens with two attached hydrogens (primary N) is 1. The van der Waals surface area contributed by atoms with Crippen LogP contribution < -0.4 is 16.4 Å². The Morgan fingerprint density at radius 3 is 2.52 bits per heavy atom. The van der Waals surface area contributed by atoms with Gasteiger partial charge in [-0.25, -0.2) is 14.8 Å². The molecule has 2 heterocycles. The van der Waals surface area contributed by atoms with Crippen LogP contribution in [-0.2, 0) is 4.74 Å². The van der Waals surface area contributed by atoms with Crippen molar-refractivity contribution in [1.82, 2.24) is 9.97 Å². The third kappa shape index (κ3) is 5.79. The standard InChI is InChI=1S/C26H33N5O2/c1-16(2)29-25-22-14-24(30-21-11-9-20(27)10-12-21)28-15-19(22)13-23(31-25)17(3)33-26(32)18-7-5-4-6-8-18/h4-8,13-17,20-21H,9-12,27H2,1-3H3,(H,28,30)(H,29,31)/t17-,20?,21?/m1/s1. The number of aromatic nitrogens is 2. The highest BCUT2D eigenvalue weighted by atomic mass is 16.5. The van der Waals surface area contributed by atoms with Crippen molar-refractivity contribution in [3.05, 3.63) is 59.9 Å². The highest BCUT2D eigenvalue weighted by Gasteiger charge is 2.20. The predicted molar refractivity (Wildman–Crippen MR) is 132 cm³/mol. The number of esters is 1. The summed E-state index contributed by atoms with van der Waals surface area (Å²) in [6, 6.07) is 13.9. The van der Waals surface area contributed by atoms with Crippen molar-refractivity contribution in [3.63, 3.8) is 0 Å². The third-order valence-electron chi connectivity index (χ3n) is 5.99. The Morgan fingerprint density at radius 2 is 1.82 bits per heavy atom.